The Morgan fingerprint density at radius 3 is 2.43 bits per heavy atom. The smallest absolute Gasteiger partial charge is 0.124 e. The maximum absolute atomic E-state index is 6.66. The SMILES string of the molecule is COc1cc(C)cc(C)c1C(C)(N)c1ccc(Br)cc1Cl. The van der Waals surface area contributed by atoms with Crippen molar-refractivity contribution in [1.29, 1.82) is 0 Å². The van der Waals surface area contributed by atoms with Crippen LogP contribution in [0, 0.1) is 13.8 Å². The number of rotatable bonds is 3. The molecular weight excluding hydrogens is 350 g/mol. The number of methoxy groups -OCH3 is 1. The highest BCUT2D eigenvalue weighted by atomic mass is 79.9. The van der Waals surface area contributed by atoms with Crippen molar-refractivity contribution in [2.24, 2.45) is 5.73 Å². The molecule has 1 atom stereocenters. The molecule has 2 aromatic rings. The van der Waals surface area contributed by atoms with E-state index in [0.29, 0.717) is 5.02 Å². The van der Waals surface area contributed by atoms with Crippen molar-refractivity contribution in [1.82, 2.24) is 0 Å². The Kier molecular flexibility index (Phi) is 4.66. The fourth-order valence-electron chi connectivity index (χ4n) is 2.80. The van der Waals surface area contributed by atoms with Crippen molar-refractivity contribution in [2.75, 3.05) is 7.11 Å². The van der Waals surface area contributed by atoms with Crippen LogP contribution in [0.2, 0.25) is 5.02 Å². The van der Waals surface area contributed by atoms with Crippen LogP contribution >= 0.6 is 27.5 Å². The largest absolute Gasteiger partial charge is 0.496 e. The van der Waals surface area contributed by atoms with Gasteiger partial charge in [-0.05, 0) is 55.7 Å². The molecule has 0 aliphatic carbocycles. The van der Waals surface area contributed by atoms with Crippen LogP contribution in [0.3, 0.4) is 0 Å². The maximum atomic E-state index is 6.66. The first kappa shape index (κ1) is 16.3. The molecule has 0 fully saturated rings. The maximum Gasteiger partial charge on any atom is 0.124 e. The summed E-state index contributed by atoms with van der Waals surface area (Å²) in [4.78, 5) is 0. The van der Waals surface area contributed by atoms with Gasteiger partial charge in [-0.3, -0.25) is 0 Å². The minimum atomic E-state index is -0.735. The third-order valence-corrected chi connectivity index (χ3v) is 4.48. The number of benzene rings is 2. The van der Waals surface area contributed by atoms with Crippen LogP contribution in [0.4, 0.5) is 0 Å². The lowest BCUT2D eigenvalue weighted by Gasteiger charge is -2.30. The molecule has 21 heavy (non-hydrogen) atoms. The van der Waals surface area contributed by atoms with Gasteiger partial charge in [0.15, 0.2) is 0 Å². The molecule has 112 valence electrons. The second-order valence-corrected chi connectivity index (χ2v) is 6.81. The predicted molar refractivity (Wildman–Crippen MR) is 92.3 cm³/mol. The van der Waals surface area contributed by atoms with E-state index in [4.69, 9.17) is 22.1 Å². The number of ether oxygens (including phenoxy) is 1. The molecule has 0 aromatic heterocycles. The summed E-state index contributed by atoms with van der Waals surface area (Å²) in [5.41, 5.74) is 9.99. The Morgan fingerprint density at radius 1 is 1.19 bits per heavy atom. The second-order valence-electron chi connectivity index (χ2n) is 5.49. The van der Waals surface area contributed by atoms with Crippen molar-refractivity contribution in [3.63, 3.8) is 0 Å². The van der Waals surface area contributed by atoms with E-state index < -0.39 is 5.54 Å². The first-order valence-corrected chi connectivity index (χ1v) is 7.84. The highest BCUT2D eigenvalue weighted by Gasteiger charge is 2.31. The van der Waals surface area contributed by atoms with Gasteiger partial charge in [0, 0.05) is 15.1 Å². The minimum Gasteiger partial charge on any atom is -0.496 e. The Morgan fingerprint density at radius 2 is 1.86 bits per heavy atom. The lowest BCUT2D eigenvalue weighted by molar-refractivity contribution is 0.397. The van der Waals surface area contributed by atoms with Gasteiger partial charge in [0.1, 0.15) is 5.75 Å². The highest BCUT2D eigenvalue weighted by molar-refractivity contribution is 9.10. The van der Waals surface area contributed by atoms with E-state index in [9.17, 15) is 0 Å². The summed E-state index contributed by atoms with van der Waals surface area (Å²) in [7, 11) is 1.66. The summed E-state index contributed by atoms with van der Waals surface area (Å²) >= 11 is 9.81. The van der Waals surface area contributed by atoms with Gasteiger partial charge in [-0.25, -0.2) is 0 Å². The van der Waals surface area contributed by atoms with Gasteiger partial charge >= 0.3 is 0 Å². The van der Waals surface area contributed by atoms with Gasteiger partial charge in [-0.1, -0.05) is 39.7 Å². The van der Waals surface area contributed by atoms with E-state index in [0.717, 1.165) is 32.5 Å². The summed E-state index contributed by atoms with van der Waals surface area (Å²) in [5, 5.41) is 0.636. The normalized spacial score (nSPS) is 13.9. The average Bonchev–Trinajstić information content (AvgIpc) is 2.36. The predicted octanol–water partition coefficient (Wildman–Crippen LogP) is 4.95. The summed E-state index contributed by atoms with van der Waals surface area (Å²) in [6.45, 7) is 6.05. The van der Waals surface area contributed by atoms with Crippen molar-refractivity contribution >= 4 is 27.5 Å². The first-order chi connectivity index (χ1) is 9.77. The Balaban J connectivity index is 2.69. The van der Waals surface area contributed by atoms with Crippen molar-refractivity contribution < 1.29 is 4.74 Å². The van der Waals surface area contributed by atoms with Gasteiger partial charge in [-0.2, -0.15) is 0 Å². The van der Waals surface area contributed by atoms with Crippen LogP contribution in [0.25, 0.3) is 0 Å². The monoisotopic (exact) mass is 367 g/mol. The number of halogens is 2. The molecule has 4 heteroatoms. The lowest BCUT2D eigenvalue weighted by atomic mass is 9.82. The summed E-state index contributed by atoms with van der Waals surface area (Å²) in [6.07, 6.45) is 0. The van der Waals surface area contributed by atoms with E-state index in [1.54, 1.807) is 7.11 Å². The summed E-state index contributed by atoms with van der Waals surface area (Å²) in [6, 6.07) is 9.86. The zero-order valence-corrected chi connectivity index (χ0v) is 15.0. The van der Waals surface area contributed by atoms with Crippen molar-refractivity contribution in [2.45, 2.75) is 26.3 Å². The fourth-order valence-corrected chi connectivity index (χ4v) is 3.67. The van der Waals surface area contributed by atoms with Gasteiger partial charge in [0.25, 0.3) is 0 Å². The van der Waals surface area contributed by atoms with E-state index in [-0.39, 0.29) is 0 Å². The average molecular weight is 369 g/mol. The molecule has 2 nitrogen and oxygen atoms in total. The molecule has 2 rings (SSSR count). The first-order valence-electron chi connectivity index (χ1n) is 6.67. The quantitative estimate of drug-likeness (QED) is 0.832. The van der Waals surface area contributed by atoms with Gasteiger partial charge in [0.05, 0.1) is 12.6 Å². The second kappa shape index (κ2) is 5.99. The van der Waals surface area contributed by atoms with Crippen molar-refractivity contribution in [3.8, 4) is 5.75 Å². The summed E-state index contributed by atoms with van der Waals surface area (Å²) in [5.74, 6) is 0.788. The van der Waals surface area contributed by atoms with Crippen LogP contribution in [-0.2, 0) is 5.54 Å². The molecule has 0 heterocycles. The molecule has 2 N–H and O–H groups in total. The molecule has 2 aromatic carbocycles. The zero-order valence-electron chi connectivity index (χ0n) is 12.6. The van der Waals surface area contributed by atoms with E-state index in [2.05, 4.69) is 22.0 Å². The number of aryl methyl sites for hydroxylation is 2. The number of hydrogen-bond acceptors (Lipinski definition) is 2. The highest BCUT2D eigenvalue weighted by Crippen LogP contribution is 2.39. The van der Waals surface area contributed by atoms with Crippen molar-refractivity contribution in [3.05, 3.63) is 62.1 Å². The molecule has 0 aliphatic heterocycles. The molecule has 0 bridgehead atoms. The van der Waals surface area contributed by atoms with Gasteiger partial charge in [0.2, 0.25) is 0 Å². The third-order valence-electron chi connectivity index (χ3n) is 3.67. The van der Waals surface area contributed by atoms with Gasteiger partial charge in [-0.15, -0.1) is 0 Å². The van der Waals surface area contributed by atoms with E-state index in [1.807, 2.05) is 45.0 Å². The fraction of sp³-hybridized carbons (Fsp3) is 0.294. The van der Waals surface area contributed by atoms with Crippen LogP contribution in [-0.4, -0.2) is 7.11 Å². The minimum absolute atomic E-state index is 0.636. The Hall–Kier alpha value is -1.03. The molecule has 0 saturated carbocycles. The Bertz CT molecular complexity index is 683. The number of hydrogen-bond donors (Lipinski definition) is 1. The summed E-state index contributed by atoms with van der Waals surface area (Å²) < 4.78 is 6.48. The molecule has 0 radical (unpaired) electrons. The van der Waals surface area contributed by atoms with Crippen LogP contribution < -0.4 is 10.5 Å². The van der Waals surface area contributed by atoms with Crippen LogP contribution in [0.1, 0.15) is 29.2 Å². The molecular formula is C17H19BrClNO. The van der Waals surface area contributed by atoms with E-state index in [1.165, 1.54) is 0 Å². The molecule has 1 unspecified atom stereocenters. The molecule has 0 saturated heterocycles. The molecule has 0 aliphatic rings. The van der Waals surface area contributed by atoms with Crippen LogP contribution in [0.5, 0.6) is 5.75 Å². The standard InChI is InChI=1S/C17H19BrClNO/c1-10-7-11(2)16(15(8-10)21-4)17(3,20)13-6-5-12(18)9-14(13)19/h5-9H,20H2,1-4H3. The molecule has 0 spiro atoms. The zero-order chi connectivity index (χ0) is 15.8. The third kappa shape index (κ3) is 3.10. The lowest BCUT2D eigenvalue weighted by Crippen LogP contribution is -2.36. The topological polar surface area (TPSA) is 35.2 Å². The number of nitrogens with two attached hydrogens (primary N) is 1. The Labute approximate surface area is 139 Å². The van der Waals surface area contributed by atoms with Gasteiger partial charge < -0.3 is 10.5 Å². The van der Waals surface area contributed by atoms with Crippen LogP contribution in [0.15, 0.2) is 34.8 Å². The van der Waals surface area contributed by atoms with E-state index >= 15 is 0 Å². The molecule has 0 amide bonds.